The second-order valence-electron chi connectivity index (χ2n) is 5.73. The molecule has 0 fully saturated rings. The Morgan fingerprint density at radius 1 is 1.12 bits per heavy atom. The first-order valence-corrected chi connectivity index (χ1v) is 9.31. The van der Waals surface area contributed by atoms with Crippen LogP contribution in [0.4, 0.5) is 5.69 Å². The lowest BCUT2D eigenvalue weighted by Gasteiger charge is -2.14. The first-order chi connectivity index (χ1) is 11.3. The summed E-state index contributed by atoms with van der Waals surface area (Å²) >= 11 is 0. The Hall–Kier alpha value is -2.34. The van der Waals surface area contributed by atoms with Crippen LogP contribution in [-0.4, -0.2) is 20.4 Å². The van der Waals surface area contributed by atoms with Crippen molar-refractivity contribution in [2.45, 2.75) is 38.1 Å². The fourth-order valence-corrected chi connectivity index (χ4v) is 3.23. The van der Waals surface area contributed by atoms with Crippen LogP contribution in [0.15, 0.2) is 53.4 Å². The number of carbonyl (C=O) groups is 1. The van der Waals surface area contributed by atoms with Crippen molar-refractivity contribution in [2.75, 3.05) is 4.72 Å². The molecule has 2 N–H and O–H groups in total. The second kappa shape index (κ2) is 7.49. The summed E-state index contributed by atoms with van der Waals surface area (Å²) in [4.78, 5) is 12.4. The molecule has 0 radical (unpaired) electrons. The molecule has 0 aliphatic heterocycles. The van der Waals surface area contributed by atoms with Crippen molar-refractivity contribution < 1.29 is 13.2 Å². The summed E-state index contributed by atoms with van der Waals surface area (Å²) in [7, 11) is -3.69. The molecule has 1 amide bonds. The zero-order valence-electron chi connectivity index (χ0n) is 14.0. The van der Waals surface area contributed by atoms with Crippen LogP contribution in [0.3, 0.4) is 0 Å². The predicted molar refractivity (Wildman–Crippen MR) is 95.6 cm³/mol. The van der Waals surface area contributed by atoms with E-state index in [0.717, 1.165) is 12.0 Å². The van der Waals surface area contributed by atoms with Crippen molar-refractivity contribution in [3.05, 3.63) is 59.7 Å². The highest BCUT2D eigenvalue weighted by Crippen LogP contribution is 2.21. The molecular formula is C18H22N2O3S. The van der Waals surface area contributed by atoms with Gasteiger partial charge in [0.05, 0.1) is 10.6 Å². The number of nitrogens with one attached hydrogen (secondary N) is 2. The Balaban J connectivity index is 2.28. The van der Waals surface area contributed by atoms with Crippen molar-refractivity contribution >= 4 is 21.6 Å². The molecule has 0 heterocycles. The number of rotatable bonds is 6. The molecule has 2 aromatic rings. The summed E-state index contributed by atoms with van der Waals surface area (Å²) in [5.41, 5.74) is 1.57. The smallest absolute Gasteiger partial charge is 0.261 e. The first-order valence-electron chi connectivity index (χ1n) is 7.83. The van der Waals surface area contributed by atoms with Gasteiger partial charge in [0.1, 0.15) is 0 Å². The summed E-state index contributed by atoms with van der Waals surface area (Å²) < 4.78 is 27.5. The molecule has 0 saturated heterocycles. The number of carbonyl (C=O) groups excluding carboxylic acids is 1. The van der Waals surface area contributed by atoms with Crippen LogP contribution >= 0.6 is 0 Å². The number of benzene rings is 2. The maximum atomic E-state index is 12.4. The van der Waals surface area contributed by atoms with Crippen LogP contribution < -0.4 is 10.0 Å². The zero-order chi connectivity index (χ0) is 17.7. The number of hydrogen-bond acceptors (Lipinski definition) is 3. The van der Waals surface area contributed by atoms with Crippen LogP contribution in [0, 0.1) is 6.92 Å². The lowest BCUT2D eigenvalue weighted by atomic mass is 10.1. The maximum Gasteiger partial charge on any atom is 0.261 e. The van der Waals surface area contributed by atoms with Gasteiger partial charge in [0.15, 0.2) is 0 Å². The quantitative estimate of drug-likeness (QED) is 0.842. The van der Waals surface area contributed by atoms with E-state index in [2.05, 4.69) is 10.0 Å². The van der Waals surface area contributed by atoms with Gasteiger partial charge in [-0.05, 0) is 50.1 Å². The van der Waals surface area contributed by atoms with Crippen LogP contribution in [0.5, 0.6) is 0 Å². The lowest BCUT2D eigenvalue weighted by molar-refractivity contribution is 0.0939. The van der Waals surface area contributed by atoms with Gasteiger partial charge in [-0.2, -0.15) is 0 Å². The van der Waals surface area contributed by atoms with E-state index < -0.39 is 10.0 Å². The Labute approximate surface area is 143 Å². The van der Waals surface area contributed by atoms with E-state index in [1.807, 2.05) is 13.8 Å². The number of anilines is 1. The number of aryl methyl sites for hydroxylation is 1. The first kappa shape index (κ1) is 18.0. The largest absolute Gasteiger partial charge is 0.350 e. The third-order valence-electron chi connectivity index (χ3n) is 3.79. The minimum Gasteiger partial charge on any atom is -0.350 e. The van der Waals surface area contributed by atoms with Crippen LogP contribution in [0.25, 0.3) is 0 Å². The van der Waals surface area contributed by atoms with Crippen molar-refractivity contribution in [3.8, 4) is 0 Å². The van der Waals surface area contributed by atoms with E-state index in [9.17, 15) is 13.2 Å². The summed E-state index contributed by atoms with van der Waals surface area (Å²) in [6.45, 7) is 5.70. The molecule has 0 bridgehead atoms. The number of hydrogen-bond donors (Lipinski definition) is 2. The van der Waals surface area contributed by atoms with Gasteiger partial charge in [-0.25, -0.2) is 8.42 Å². The highest BCUT2D eigenvalue weighted by molar-refractivity contribution is 7.92. The average molecular weight is 346 g/mol. The molecule has 0 aromatic heterocycles. The second-order valence-corrected chi connectivity index (χ2v) is 7.41. The summed E-state index contributed by atoms with van der Waals surface area (Å²) in [6, 6.07) is 13.2. The minimum atomic E-state index is -3.69. The highest BCUT2D eigenvalue weighted by Gasteiger charge is 2.16. The van der Waals surface area contributed by atoms with E-state index in [0.29, 0.717) is 11.3 Å². The molecular weight excluding hydrogens is 324 g/mol. The minimum absolute atomic E-state index is 0.0586. The third kappa shape index (κ3) is 4.35. The summed E-state index contributed by atoms with van der Waals surface area (Å²) in [5.74, 6) is -0.218. The molecule has 0 aliphatic carbocycles. The SMILES string of the molecule is CC[C@@H](C)NC(=O)c1ccc(C)c(NS(=O)(=O)c2ccccc2)c1. The Bertz CT molecular complexity index is 817. The maximum absolute atomic E-state index is 12.4. The third-order valence-corrected chi connectivity index (χ3v) is 5.17. The number of amides is 1. The fraction of sp³-hybridized carbons (Fsp3) is 0.278. The standard InChI is InChI=1S/C18H22N2O3S/c1-4-14(3)19-18(21)15-11-10-13(2)17(12-15)20-24(22,23)16-8-6-5-7-9-16/h5-12,14,20H,4H2,1-3H3,(H,19,21)/t14-/m1/s1. The Kier molecular flexibility index (Phi) is 5.62. The molecule has 0 spiro atoms. The van der Waals surface area contributed by atoms with Gasteiger partial charge in [0.25, 0.3) is 15.9 Å². The summed E-state index contributed by atoms with van der Waals surface area (Å²) in [5, 5.41) is 2.87. The van der Waals surface area contributed by atoms with Crippen LogP contribution in [-0.2, 0) is 10.0 Å². The molecule has 0 aliphatic rings. The normalized spacial score (nSPS) is 12.5. The summed E-state index contributed by atoms with van der Waals surface area (Å²) in [6.07, 6.45) is 0.824. The molecule has 2 aromatic carbocycles. The van der Waals surface area contributed by atoms with Gasteiger partial charge in [-0.1, -0.05) is 31.2 Å². The predicted octanol–water partition coefficient (Wildman–Crippen LogP) is 3.32. The molecule has 2 rings (SSSR count). The molecule has 1 atom stereocenters. The van der Waals surface area contributed by atoms with Gasteiger partial charge in [0, 0.05) is 11.6 Å². The van der Waals surface area contributed by atoms with Gasteiger partial charge in [-0.3, -0.25) is 9.52 Å². The van der Waals surface area contributed by atoms with Crippen molar-refractivity contribution in [1.29, 1.82) is 0 Å². The van der Waals surface area contributed by atoms with Gasteiger partial charge < -0.3 is 5.32 Å². The van der Waals surface area contributed by atoms with Crippen molar-refractivity contribution in [1.82, 2.24) is 5.32 Å². The van der Waals surface area contributed by atoms with E-state index in [1.165, 1.54) is 12.1 Å². The Morgan fingerprint density at radius 2 is 1.79 bits per heavy atom. The molecule has 128 valence electrons. The van der Waals surface area contributed by atoms with Crippen LogP contribution in [0.1, 0.15) is 36.2 Å². The van der Waals surface area contributed by atoms with Gasteiger partial charge in [-0.15, -0.1) is 0 Å². The van der Waals surface area contributed by atoms with E-state index in [4.69, 9.17) is 0 Å². The molecule has 0 unspecified atom stereocenters. The average Bonchev–Trinajstić information content (AvgIpc) is 2.57. The van der Waals surface area contributed by atoms with Crippen LogP contribution in [0.2, 0.25) is 0 Å². The van der Waals surface area contributed by atoms with E-state index in [-0.39, 0.29) is 16.8 Å². The van der Waals surface area contributed by atoms with Crippen molar-refractivity contribution in [2.24, 2.45) is 0 Å². The number of sulfonamides is 1. The molecule has 6 heteroatoms. The zero-order valence-corrected chi connectivity index (χ0v) is 14.9. The van der Waals surface area contributed by atoms with E-state index in [1.54, 1.807) is 43.3 Å². The van der Waals surface area contributed by atoms with E-state index >= 15 is 0 Å². The Morgan fingerprint density at radius 3 is 2.42 bits per heavy atom. The van der Waals surface area contributed by atoms with Gasteiger partial charge >= 0.3 is 0 Å². The molecule has 24 heavy (non-hydrogen) atoms. The molecule has 0 saturated carbocycles. The monoisotopic (exact) mass is 346 g/mol. The van der Waals surface area contributed by atoms with Gasteiger partial charge in [0.2, 0.25) is 0 Å². The lowest BCUT2D eigenvalue weighted by Crippen LogP contribution is -2.32. The highest BCUT2D eigenvalue weighted by atomic mass is 32.2. The fourth-order valence-electron chi connectivity index (χ4n) is 2.09. The van der Waals surface area contributed by atoms with Crippen molar-refractivity contribution in [3.63, 3.8) is 0 Å². The topological polar surface area (TPSA) is 75.3 Å². The molecule has 5 nitrogen and oxygen atoms in total.